The summed E-state index contributed by atoms with van der Waals surface area (Å²) in [4.78, 5) is 21.7. The van der Waals surface area contributed by atoms with Crippen LogP contribution in [-0.2, 0) is 9.63 Å². The van der Waals surface area contributed by atoms with Crippen molar-refractivity contribution in [2.45, 2.75) is 20.0 Å². The lowest BCUT2D eigenvalue weighted by molar-refractivity contribution is -0.135. The molecule has 2 heterocycles. The maximum absolute atomic E-state index is 12.5. The maximum Gasteiger partial charge on any atom is 0.263 e. The average molecular weight is 425 g/mol. The lowest BCUT2D eigenvalue weighted by atomic mass is 10.1. The lowest BCUT2D eigenvalue weighted by Crippen LogP contribution is -2.47. The van der Waals surface area contributed by atoms with Crippen LogP contribution < -0.4 is 19.1 Å². The number of para-hydroxylation sites is 2. The number of oxime groups is 1. The Morgan fingerprint density at radius 3 is 2.84 bits per heavy atom. The molecule has 31 heavy (non-hydrogen) atoms. The molecule has 2 aliphatic heterocycles. The van der Waals surface area contributed by atoms with Gasteiger partial charge >= 0.3 is 0 Å². The minimum absolute atomic E-state index is 0.109. The number of anilines is 1. The molecule has 0 fully saturated rings. The minimum atomic E-state index is -0.159. The summed E-state index contributed by atoms with van der Waals surface area (Å²) in [6.07, 6.45) is -0.109. The highest BCUT2D eigenvalue weighted by atomic mass is 16.7. The second-order valence-electron chi connectivity index (χ2n) is 7.54. The van der Waals surface area contributed by atoms with E-state index in [1.165, 1.54) is 0 Å². The number of hydrogen-bond acceptors (Lipinski definition) is 7. The van der Waals surface area contributed by atoms with Crippen molar-refractivity contribution in [1.82, 2.24) is 4.90 Å². The van der Waals surface area contributed by atoms with Crippen LogP contribution in [-0.4, -0.2) is 62.7 Å². The first-order valence-corrected chi connectivity index (χ1v) is 10.4. The molecule has 0 spiro atoms. The Bertz CT molecular complexity index is 977. The molecule has 1 atom stereocenters. The fourth-order valence-electron chi connectivity index (χ4n) is 3.65. The summed E-state index contributed by atoms with van der Waals surface area (Å²) in [6, 6.07) is 13.5. The summed E-state index contributed by atoms with van der Waals surface area (Å²) in [5.74, 6) is 2.08. The van der Waals surface area contributed by atoms with Gasteiger partial charge in [-0.1, -0.05) is 17.3 Å². The van der Waals surface area contributed by atoms with Crippen LogP contribution in [0.4, 0.5) is 5.69 Å². The zero-order valence-electron chi connectivity index (χ0n) is 18.0. The zero-order valence-corrected chi connectivity index (χ0v) is 18.0. The Morgan fingerprint density at radius 1 is 1.19 bits per heavy atom. The van der Waals surface area contributed by atoms with Crippen LogP contribution in [0.2, 0.25) is 0 Å². The molecule has 2 aliphatic rings. The normalized spacial score (nSPS) is 17.1. The quantitative estimate of drug-likeness (QED) is 0.502. The van der Waals surface area contributed by atoms with E-state index < -0.39 is 0 Å². The van der Waals surface area contributed by atoms with Gasteiger partial charge in [0.05, 0.1) is 24.5 Å². The third-order valence-corrected chi connectivity index (χ3v) is 5.39. The number of fused-ring (bicyclic) bond motifs is 2. The molecule has 0 aliphatic carbocycles. The number of ether oxygens (including phenoxy) is 3. The van der Waals surface area contributed by atoms with Gasteiger partial charge in [-0.25, -0.2) is 0 Å². The Morgan fingerprint density at radius 2 is 2.00 bits per heavy atom. The molecule has 0 bridgehead atoms. The van der Waals surface area contributed by atoms with Gasteiger partial charge in [0, 0.05) is 19.2 Å². The second-order valence-corrected chi connectivity index (χ2v) is 7.54. The van der Waals surface area contributed by atoms with Gasteiger partial charge in [-0.05, 0) is 44.2 Å². The van der Waals surface area contributed by atoms with E-state index in [1.54, 1.807) is 11.9 Å². The molecular weight excluding hydrogens is 398 g/mol. The van der Waals surface area contributed by atoms with Gasteiger partial charge in [-0.2, -0.15) is 0 Å². The molecular formula is C23H27N3O5. The summed E-state index contributed by atoms with van der Waals surface area (Å²) in [5.41, 5.74) is 2.59. The molecule has 4 rings (SSSR count). The number of carbonyl (C=O) groups excluding carboxylic acids is 1. The standard InChI is InChI=1S/C23H27N3O5/c1-4-26-13-18(31-20-8-6-5-7-19(20)26)12-25(3)23(27)14-30-24-16(2)17-9-10-21-22(11-17)29-15-28-21/h5-11,18H,4,12-15H2,1-3H3/b24-16-/t18-/m1/s1. The van der Waals surface area contributed by atoms with Crippen LogP contribution in [0.1, 0.15) is 19.4 Å². The van der Waals surface area contributed by atoms with E-state index in [9.17, 15) is 4.79 Å². The highest BCUT2D eigenvalue weighted by Crippen LogP contribution is 2.33. The van der Waals surface area contributed by atoms with Crippen molar-refractivity contribution in [1.29, 1.82) is 0 Å². The van der Waals surface area contributed by atoms with Crippen molar-refractivity contribution in [3.05, 3.63) is 48.0 Å². The number of rotatable bonds is 7. The van der Waals surface area contributed by atoms with Crippen molar-refractivity contribution in [2.24, 2.45) is 5.16 Å². The molecule has 2 aromatic carbocycles. The SMILES string of the molecule is CCN1C[C@@H](CN(C)C(=O)CO/N=C(/C)c2ccc3c(c2)OCO3)Oc2ccccc21. The highest BCUT2D eigenvalue weighted by molar-refractivity contribution is 5.99. The van der Waals surface area contributed by atoms with Gasteiger partial charge in [0.1, 0.15) is 11.9 Å². The van der Waals surface area contributed by atoms with Crippen molar-refractivity contribution < 1.29 is 23.8 Å². The predicted molar refractivity (Wildman–Crippen MR) is 117 cm³/mol. The lowest BCUT2D eigenvalue weighted by Gasteiger charge is -2.37. The van der Waals surface area contributed by atoms with Gasteiger partial charge in [0.2, 0.25) is 6.79 Å². The number of amides is 1. The second kappa shape index (κ2) is 9.16. The third kappa shape index (κ3) is 4.68. The van der Waals surface area contributed by atoms with E-state index in [-0.39, 0.29) is 25.4 Å². The van der Waals surface area contributed by atoms with Crippen LogP contribution in [0.5, 0.6) is 17.2 Å². The van der Waals surface area contributed by atoms with Gasteiger partial charge < -0.3 is 28.8 Å². The third-order valence-electron chi connectivity index (χ3n) is 5.39. The fourth-order valence-corrected chi connectivity index (χ4v) is 3.65. The zero-order chi connectivity index (χ0) is 21.8. The van der Waals surface area contributed by atoms with Gasteiger partial charge in [-0.15, -0.1) is 0 Å². The minimum Gasteiger partial charge on any atom is -0.485 e. The molecule has 0 radical (unpaired) electrons. The molecule has 0 saturated heterocycles. The van der Waals surface area contributed by atoms with Gasteiger partial charge in [-0.3, -0.25) is 4.79 Å². The van der Waals surface area contributed by atoms with Crippen molar-refractivity contribution >= 4 is 17.3 Å². The highest BCUT2D eigenvalue weighted by Gasteiger charge is 2.26. The predicted octanol–water partition coefficient (Wildman–Crippen LogP) is 2.90. The van der Waals surface area contributed by atoms with E-state index in [4.69, 9.17) is 19.0 Å². The number of carbonyl (C=O) groups is 1. The summed E-state index contributed by atoms with van der Waals surface area (Å²) >= 11 is 0. The number of likely N-dealkylation sites (N-methyl/N-ethyl adjacent to an activating group) is 2. The van der Waals surface area contributed by atoms with Crippen molar-refractivity contribution in [3.63, 3.8) is 0 Å². The van der Waals surface area contributed by atoms with E-state index in [0.29, 0.717) is 23.8 Å². The van der Waals surface area contributed by atoms with Crippen LogP contribution in [0.15, 0.2) is 47.6 Å². The monoisotopic (exact) mass is 425 g/mol. The first-order chi connectivity index (χ1) is 15.0. The molecule has 0 N–H and O–H groups in total. The summed E-state index contributed by atoms with van der Waals surface area (Å²) in [6.45, 7) is 6.09. The van der Waals surface area contributed by atoms with Crippen molar-refractivity contribution in [3.8, 4) is 17.2 Å². The molecule has 0 saturated carbocycles. The van der Waals surface area contributed by atoms with Crippen LogP contribution in [0.3, 0.4) is 0 Å². The average Bonchev–Trinajstić information content (AvgIpc) is 3.26. The molecule has 2 aromatic rings. The largest absolute Gasteiger partial charge is 0.485 e. The van der Waals surface area contributed by atoms with E-state index in [2.05, 4.69) is 23.0 Å². The number of nitrogens with zero attached hydrogens (tertiary/aromatic N) is 3. The van der Waals surface area contributed by atoms with Crippen LogP contribution in [0, 0.1) is 0 Å². The Kier molecular flexibility index (Phi) is 6.16. The molecule has 0 unspecified atom stereocenters. The molecule has 8 heteroatoms. The van der Waals surface area contributed by atoms with E-state index in [1.807, 2.05) is 43.3 Å². The molecule has 1 amide bonds. The van der Waals surface area contributed by atoms with Crippen LogP contribution >= 0.6 is 0 Å². The number of benzene rings is 2. The molecule has 0 aromatic heterocycles. The van der Waals surface area contributed by atoms with E-state index >= 15 is 0 Å². The smallest absolute Gasteiger partial charge is 0.263 e. The Hall–Kier alpha value is -3.42. The first kappa shape index (κ1) is 20.8. The summed E-state index contributed by atoms with van der Waals surface area (Å²) in [7, 11) is 1.75. The summed E-state index contributed by atoms with van der Waals surface area (Å²) < 4.78 is 16.8. The Labute approximate surface area is 181 Å². The maximum atomic E-state index is 12.5. The number of hydrogen-bond donors (Lipinski definition) is 0. The molecule has 8 nitrogen and oxygen atoms in total. The van der Waals surface area contributed by atoms with Gasteiger partial charge in [0.25, 0.3) is 5.91 Å². The topological polar surface area (TPSA) is 72.8 Å². The Balaban J connectivity index is 1.29. The van der Waals surface area contributed by atoms with Gasteiger partial charge in [0.15, 0.2) is 18.1 Å². The molecule has 164 valence electrons. The van der Waals surface area contributed by atoms with Crippen molar-refractivity contribution in [2.75, 3.05) is 45.0 Å². The fraction of sp³-hybridized carbons (Fsp3) is 0.391. The first-order valence-electron chi connectivity index (χ1n) is 10.4. The van der Waals surface area contributed by atoms with E-state index in [0.717, 1.165) is 30.1 Å². The summed E-state index contributed by atoms with van der Waals surface area (Å²) in [5, 5.41) is 4.08. The van der Waals surface area contributed by atoms with Crippen LogP contribution in [0.25, 0.3) is 0 Å².